The Bertz CT molecular complexity index is 909. The average molecular weight is 429 g/mol. The van der Waals surface area contributed by atoms with Gasteiger partial charge in [0.1, 0.15) is 23.1 Å². The van der Waals surface area contributed by atoms with E-state index in [-0.39, 0.29) is 11.2 Å². The molecule has 0 spiro atoms. The van der Waals surface area contributed by atoms with Crippen LogP contribution >= 0.6 is 11.8 Å². The van der Waals surface area contributed by atoms with Crippen molar-refractivity contribution >= 4 is 34.8 Å². The minimum absolute atomic E-state index is 0.170. The van der Waals surface area contributed by atoms with Gasteiger partial charge in [-0.3, -0.25) is 4.79 Å². The smallest absolute Gasteiger partial charge is 0.319 e. The topological polar surface area (TPSA) is 64.8 Å². The first-order valence-electron chi connectivity index (χ1n) is 10.1. The molecule has 0 aliphatic heterocycles. The number of fused-ring (bicyclic) bond motifs is 1. The lowest BCUT2D eigenvalue weighted by molar-refractivity contribution is -0.139. The Kier molecular flexibility index (Phi) is 8.02. The normalized spacial score (nSPS) is 12.0. The van der Waals surface area contributed by atoms with Gasteiger partial charge in [0, 0.05) is 7.05 Å². The van der Waals surface area contributed by atoms with E-state index in [1.165, 1.54) is 7.11 Å². The van der Waals surface area contributed by atoms with Crippen LogP contribution in [0.25, 0.3) is 11.1 Å². The van der Waals surface area contributed by atoms with Gasteiger partial charge in [0.15, 0.2) is 5.58 Å². The second kappa shape index (κ2) is 10.9. The number of oxazole rings is 1. The van der Waals surface area contributed by atoms with E-state index in [0.29, 0.717) is 25.6 Å². The number of hydrogen-bond acceptors (Lipinski definition) is 7. The van der Waals surface area contributed by atoms with Gasteiger partial charge in [0.05, 0.1) is 13.7 Å². The molecule has 6 nitrogen and oxygen atoms in total. The summed E-state index contributed by atoms with van der Waals surface area (Å²) in [6.45, 7) is 3.26. The Hall–Kier alpha value is -2.67. The molecule has 1 atom stereocenters. The van der Waals surface area contributed by atoms with Crippen LogP contribution in [0.4, 0.5) is 6.01 Å². The predicted octanol–water partition coefficient (Wildman–Crippen LogP) is 4.57. The quantitative estimate of drug-likeness (QED) is 0.415. The fraction of sp³-hybridized carbons (Fsp3) is 0.391. The van der Waals surface area contributed by atoms with Gasteiger partial charge in [-0.15, -0.1) is 11.8 Å². The zero-order valence-electron chi connectivity index (χ0n) is 17.7. The van der Waals surface area contributed by atoms with E-state index in [1.54, 1.807) is 11.8 Å². The van der Waals surface area contributed by atoms with Crippen LogP contribution < -0.4 is 9.64 Å². The number of carbonyl (C=O) groups is 1. The zero-order chi connectivity index (χ0) is 21.3. The number of methoxy groups -OCH3 is 1. The third kappa shape index (κ3) is 5.92. The standard InChI is InChI=1S/C23H28N2O4S/c1-4-15-30-21(22(26)27-3)16-17-9-11-18(12-10-17)28-14-13-25(2)23-24-19-7-5-6-8-20(19)29-23/h5-12,21H,4,13-16H2,1-3H3. The van der Waals surface area contributed by atoms with Crippen LogP contribution in [-0.2, 0) is 16.0 Å². The SMILES string of the molecule is CCCSC(Cc1ccc(OCCN(C)c2nc3ccccc3o2)cc1)C(=O)OC. The number of nitrogens with zero attached hydrogens (tertiary/aromatic N) is 2. The van der Waals surface area contributed by atoms with Gasteiger partial charge in [-0.05, 0) is 48.4 Å². The number of esters is 1. The number of para-hydroxylation sites is 2. The van der Waals surface area contributed by atoms with Gasteiger partial charge in [-0.1, -0.05) is 31.2 Å². The lowest BCUT2D eigenvalue weighted by atomic mass is 10.1. The average Bonchev–Trinajstić information content (AvgIpc) is 3.21. The summed E-state index contributed by atoms with van der Waals surface area (Å²) >= 11 is 1.64. The number of hydrogen-bond donors (Lipinski definition) is 0. The van der Waals surface area contributed by atoms with Crippen molar-refractivity contribution in [1.29, 1.82) is 0 Å². The molecule has 0 fully saturated rings. The second-order valence-electron chi connectivity index (χ2n) is 6.96. The van der Waals surface area contributed by atoms with E-state index in [0.717, 1.165) is 34.6 Å². The molecule has 0 N–H and O–H groups in total. The molecule has 0 aliphatic carbocycles. The molecule has 0 radical (unpaired) electrons. The van der Waals surface area contributed by atoms with E-state index in [4.69, 9.17) is 13.9 Å². The summed E-state index contributed by atoms with van der Waals surface area (Å²) < 4.78 is 16.6. The molecule has 0 aliphatic rings. The number of carbonyl (C=O) groups excluding carboxylic acids is 1. The van der Waals surface area contributed by atoms with Crippen molar-refractivity contribution in [2.75, 3.05) is 38.0 Å². The van der Waals surface area contributed by atoms with Crippen molar-refractivity contribution < 1.29 is 18.7 Å². The van der Waals surface area contributed by atoms with E-state index in [2.05, 4.69) is 11.9 Å². The van der Waals surface area contributed by atoms with Gasteiger partial charge in [0.2, 0.25) is 0 Å². The Balaban J connectivity index is 1.49. The van der Waals surface area contributed by atoms with Crippen molar-refractivity contribution in [2.45, 2.75) is 25.0 Å². The number of likely N-dealkylation sites (N-methyl/N-ethyl adjacent to an activating group) is 1. The minimum Gasteiger partial charge on any atom is -0.492 e. The van der Waals surface area contributed by atoms with Crippen LogP contribution in [0.2, 0.25) is 0 Å². The van der Waals surface area contributed by atoms with Gasteiger partial charge < -0.3 is 18.8 Å². The molecule has 3 rings (SSSR count). The summed E-state index contributed by atoms with van der Waals surface area (Å²) in [6.07, 6.45) is 1.68. The summed E-state index contributed by atoms with van der Waals surface area (Å²) in [5.41, 5.74) is 2.71. The van der Waals surface area contributed by atoms with Gasteiger partial charge in [0.25, 0.3) is 6.01 Å². The Morgan fingerprint density at radius 3 is 2.67 bits per heavy atom. The lowest BCUT2D eigenvalue weighted by Gasteiger charge is -2.16. The van der Waals surface area contributed by atoms with Crippen LogP contribution in [0.3, 0.4) is 0 Å². The molecule has 0 bridgehead atoms. The van der Waals surface area contributed by atoms with E-state index < -0.39 is 0 Å². The highest BCUT2D eigenvalue weighted by Crippen LogP contribution is 2.22. The highest BCUT2D eigenvalue weighted by molar-refractivity contribution is 8.00. The fourth-order valence-corrected chi connectivity index (χ4v) is 4.02. The molecular formula is C23H28N2O4S. The number of aromatic nitrogens is 1. The molecule has 0 saturated carbocycles. The fourth-order valence-electron chi connectivity index (χ4n) is 2.96. The Morgan fingerprint density at radius 1 is 1.20 bits per heavy atom. The van der Waals surface area contributed by atoms with E-state index in [1.807, 2.05) is 60.5 Å². The molecule has 1 unspecified atom stereocenters. The third-order valence-corrected chi connectivity index (χ3v) is 6.04. The maximum Gasteiger partial charge on any atom is 0.319 e. The molecule has 1 heterocycles. The van der Waals surface area contributed by atoms with E-state index in [9.17, 15) is 4.79 Å². The number of anilines is 1. The minimum atomic E-state index is -0.174. The summed E-state index contributed by atoms with van der Waals surface area (Å²) in [4.78, 5) is 18.4. The summed E-state index contributed by atoms with van der Waals surface area (Å²) in [6, 6.07) is 16.2. The molecule has 0 amide bonds. The summed E-state index contributed by atoms with van der Waals surface area (Å²) in [5.74, 6) is 1.56. The first-order chi connectivity index (χ1) is 14.6. The summed E-state index contributed by atoms with van der Waals surface area (Å²) in [5, 5.41) is -0.174. The molecule has 160 valence electrons. The highest BCUT2D eigenvalue weighted by Gasteiger charge is 2.19. The molecule has 7 heteroatoms. The molecular weight excluding hydrogens is 400 g/mol. The number of ether oxygens (including phenoxy) is 2. The predicted molar refractivity (Wildman–Crippen MR) is 121 cm³/mol. The maximum absolute atomic E-state index is 12.0. The van der Waals surface area contributed by atoms with Crippen molar-refractivity contribution in [2.24, 2.45) is 0 Å². The molecule has 2 aromatic carbocycles. The van der Waals surface area contributed by atoms with E-state index >= 15 is 0 Å². The molecule has 0 saturated heterocycles. The largest absolute Gasteiger partial charge is 0.492 e. The second-order valence-corrected chi connectivity index (χ2v) is 8.28. The Labute approximate surface area is 181 Å². The van der Waals surface area contributed by atoms with Crippen LogP contribution in [0.5, 0.6) is 5.75 Å². The van der Waals surface area contributed by atoms with Crippen LogP contribution in [0, 0.1) is 0 Å². The van der Waals surface area contributed by atoms with Crippen LogP contribution in [-0.4, -0.2) is 49.3 Å². The van der Waals surface area contributed by atoms with Crippen LogP contribution in [0.15, 0.2) is 52.9 Å². The number of benzene rings is 2. The van der Waals surface area contributed by atoms with Crippen molar-refractivity contribution in [1.82, 2.24) is 4.98 Å². The highest BCUT2D eigenvalue weighted by atomic mass is 32.2. The van der Waals surface area contributed by atoms with Crippen molar-refractivity contribution in [3.63, 3.8) is 0 Å². The Morgan fingerprint density at radius 2 is 1.97 bits per heavy atom. The number of rotatable bonds is 11. The summed E-state index contributed by atoms with van der Waals surface area (Å²) in [7, 11) is 3.37. The molecule has 1 aromatic heterocycles. The first kappa shape index (κ1) is 22.0. The molecule has 30 heavy (non-hydrogen) atoms. The zero-order valence-corrected chi connectivity index (χ0v) is 18.5. The van der Waals surface area contributed by atoms with Gasteiger partial charge >= 0.3 is 5.97 Å². The maximum atomic E-state index is 12.0. The number of thioether (sulfide) groups is 1. The van der Waals surface area contributed by atoms with Gasteiger partial charge in [-0.2, -0.15) is 4.98 Å². The van der Waals surface area contributed by atoms with Crippen molar-refractivity contribution in [3.8, 4) is 5.75 Å². The third-order valence-electron chi connectivity index (χ3n) is 4.64. The molecule has 3 aromatic rings. The first-order valence-corrected chi connectivity index (χ1v) is 11.1. The monoisotopic (exact) mass is 428 g/mol. The van der Waals surface area contributed by atoms with Crippen LogP contribution in [0.1, 0.15) is 18.9 Å². The lowest BCUT2D eigenvalue weighted by Crippen LogP contribution is -2.24. The van der Waals surface area contributed by atoms with Crippen molar-refractivity contribution in [3.05, 3.63) is 54.1 Å². The van der Waals surface area contributed by atoms with Gasteiger partial charge in [-0.25, -0.2) is 0 Å².